The molecule has 0 N–H and O–H groups in total. The van der Waals surface area contributed by atoms with Crippen molar-refractivity contribution >= 4 is 0 Å². The largest absolute Gasteiger partial charge is 0.304 e. The Morgan fingerprint density at radius 2 is 1.60 bits per heavy atom. The zero-order valence-electron chi connectivity index (χ0n) is 19.4. The van der Waals surface area contributed by atoms with E-state index in [0.717, 1.165) is 24.1 Å². The van der Waals surface area contributed by atoms with Crippen molar-refractivity contribution in [1.29, 1.82) is 0 Å². The number of para-hydroxylation sites is 1. The predicted octanol–water partition coefficient (Wildman–Crippen LogP) is 4.98. The minimum atomic E-state index is -0.719. The molecule has 0 unspecified atom stereocenters. The summed E-state index contributed by atoms with van der Waals surface area (Å²) in [5.74, 6) is -1.29. The van der Waals surface area contributed by atoms with Crippen LogP contribution in [-0.4, -0.2) is 33.9 Å². The minimum absolute atomic E-state index is 0.0124. The smallest absolute Gasteiger partial charge is 0.275 e. The van der Waals surface area contributed by atoms with Gasteiger partial charge in [0.2, 0.25) is 0 Å². The molecule has 0 radical (unpaired) electrons. The van der Waals surface area contributed by atoms with Crippen LogP contribution in [-0.2, 0) is 12.5 Å². The summed E-state index contributed by atoms with van der Waals surface area (Å²) in [6, 6.07) is 3.68. The molecule has 2 aromatic rings. The molecule has 1 aromatic carbocycles. The molecular weight excluding hydrogens is 384 g/mol. The quantitative estimate of drug-likeness (QED) is 0.700. The molecule has 2 atom stereocenters. The summed E-state index contributed by atoms with van der Waals surface area (Å²) < 4.78 is 31.2. The van der Waals surface area contributed by atoms with Gasteiger partial charge in [-0.05, 0) is 55.9 Å². The molecule has 4 rings (SSSR count). The van der Waals surface area contributed by atoms with E-state index in [0.29, 0.717) is 0 Å². The minimum Gasteiger partial charge on any atom is -0.304 e. The second-order valence-corrected chi connectivity index (χ2v) is 9.24. The van der Waals surface area contributed by atoms with Crippen LogP contribution >= 0.6 is 0 Å². The zero-order valence-corrected chi connectivity index (χ0v) is 19.4. The van der Waals surface area contributed by atoms with Gasteiger partial charge in [0.25, 0.3) is 5.56 Å². The molecule has 4 nitrogen and oxygen atoms in total. The molecule has 6 heteroatoms. The maximum absolute atomic E-state index is 14.2. The number of halogens is 2. The van der Waals surface area contributed by atoms with E-state index in [1.54, 1.807) is 11.7 Å². The van der Waals surface area contributed by atoms with Crippen LogP contribution in [0.3, 0.4) is 0 Å². The highest BCUT2D eigenvalue weighted by Crippen LogP contribution is 2.66. The molecule has 1 fully saturated rings. The molecule has 2 bridgehead atoms. The molecule has 2 aliphatic rings. The maximum atomic E-state index is 14.2. The first kappa shape index (κ1) is 22.7. The van der Waals surface area contributed by atoms with E-state index in [2.05, 4.69) is 46.4 Å². The second-order valence-electron chi connectivity index (χ2n) is 9.24. The number of nitrogens with zero attached hydrogens (tertiary/aromatic N) is 3. The number of aromatic nitrogens is 2. The van der Waals surface area contributed by atoms with E-state index < -0.39 is 11.6 Å². The van der Waals surface area contributed by atoms with Crippen molar-refractivity contribution in [2.24, 2.45) is 12.5 Å². The summed E-state index contributed by atoms with van der Waals surface area (Å²) in [7, 11) is 1.73. The Balaban J connectivity index is 0.000000318. The van der Waals surface area contributed by atoms with Gasteiger partial charge in [0.05, 0.1) is 5.69 Å². The van der Waals surface area contributed by atoms with Crippen LogP contribution in [0.15, 0.2) is 23.0 Å². The van der Waals surface area contributed by atoms with Crippen LogP contribution in [0.2, 0.25) is 0 Å². The van der Waals surface area contributed by atoms with Gasteiger partial charge in [0.1, 0.15) is 5.69 Å². The van der Waals surface area contributed by atoms with Crippen LogP contribution in [0.5, 0.6) is 0 Å². The predicted molar refractivity (Wildman–Crippen MR) is 117 cm³/mol. The van der Waals surface area contributed by atoms with Gasteiger partial charge in [-0.25, -0.2) is 13.5 Å². The normalized spacial score (nSPS) is 23.5. The monoisotopic (exact) mass is 419 g/mol. The standard InChI is InChI=1S/C18H20F2N2O.C6H15N/c1-17(2)10-8-9-18(17,3)15-13(10)16(23)22(21(15)4)14-11(19)6-5-7-12(14)20;1-4-7(5-2)6-3/h5-7,10H,8-9H2,1-4H3;4-6H2,1-3H3/t10-,18+;/m1./s1. The number of benzene rings is 1. The average Bonchev–Trinajstić information content (AvgIpc) is 3.16. The van der Waals surface area contributed by atoms with Crippen LogP contribution in [0.1, 0.15) is 71.6 Å². The van der Waals surface area contributed by atoms with E-state index in [9.17, 15) is 13.6 Å². The molecule has 166 valence electrons. The molecule has 1 saturated carbocycles. The van der Waals surface area contributed by atoms with Crippen molar-refractivity contribution < 1.29 is 8.78 Å². The fourth-order valence-electron chi connectivity index (χ4n) is 5.64. The van der Waals surface area contributed by atoms with Gasteiger partial charge in [0.15, 0.2) is 11.6 Å². The van der Waals surface area contributed by atoms with Gasteiger partial charge in [-0.2, -0.15) is 0 Å². The molecule has 30 heavy (non-hydrogen) atoms. The van der Waals surface area contributed by atoms with Crippen molar-refractivity contribution in [2.45, 2.75) is 65.7 Å². The molecule has 0 spiro atoms. The number of hydrogen-bond donors (Lipinski definition) is 0. The number of rotatable bonds is 4. The first-order valence-corrected chi connectivity index (χ1v) is 11.1. The lowest BCUT2D eigenvalue weighted by molar-refractivity contribution is 0.217. The third kappa shape index (κ3) is 3.06. The van der Waals surface area contributed by atoms with E-state index in [4.69, 9.17) is 0 Å². The molecular formula is C24H35F2N3O. The van der Waals surface area contributed by atoms with Crippen LogP contribution in [0.25, 0.3) is 5.69 Å². The third-order valence-corrected chi connectivity index (χ3v) is 7.89. The first-order valence-electron chi connectivity index (χ1n) is 11.1. The Morgan fingerprint density at radius 1 is 1.07 bits per heavy atom. The van der Waals surface area contributed by atoms with Gasteiger partial charge in [0, 0.05) is 18.0 Å². The van der Waals surface area contributed by atoms with E-state index >= 15 is 0 Å². The number of fused-ring (bicyclic) bond motifs is 5. The lowest BCUT2D eigenvalue weighted by atomic mass is 9.70. The SMILES string of the molecule is CCN(CC)CC.Cn1c2c(c(=O)n1-c1c(F)cccc1F)[C@H]1CC[C@]2(C)C1(C)C. The molecule has 1 heterocycles. The Kier molecular flexibility index (Phi) is 6.02. The molecule has 2 aliphatic carbocycles. The lowest BCUT2D eigenvalue weighted by Crippen LogP contribution is -2.35. The van der Waals surface area contributed by atoms with Gasteiger partial charge >= 0.3 is 0 Å². The van der Waals surface area contributed by atoms with Gasteiger partial charge in [-0.1, -0.05) is 47.6 Å². The molecule has 1 aromatic heterocycles. The summed E-state index contributed by atoms with van der Waals surface area (Å²) in [5, 5.41) is 0. The highest BCUT2D eigenvalue weighted by Gasteiger charge is 2.62. The van der Waals surface area contributed by atoms with E-state index in [1.807, 2.05) is 0 Å². The van der Waals surface area contributed by atoms with Crippen LogP contribution in [0, 0.1) is 17.0 Å². The van der Waals surface area contributed by atoms with Crippen molar-refractivity contribution in [2.75, 3.05) is 19.6 Å². The van der Waals surface area contributed by atoms with Crippen molar-refractivity contribution in [3.8, 4) is 5.69 Å². The Labute approximate surface area is 178 Å². The maximum Gasteiger partial charge on any atom is 0.275 e. The summed E-state index contributed by atoms with van der Waals surface area (Å²) in [4.78, 5) is 15.4. The zero-order chi connectivity index (χ0) is 22.4. The summed E-state index contributed by atoms with van der Waals surface area (Å²) in [6.07, 6.45) is 1.95. The highest BCUT2D eigenvalue weighted by atomic mass is 19.1. The van der Waals surface area contributed by atoms with E-state index in [-0.39, 0.29) is 28.0 Å². The average molecular weight is 420 g/mol. The highest BCUT2D eigenvalue weighted by molar-refractivity contribution is 5.47. The van der Waals surface area contributed by atoms with E-state index in [1.165, 1.54) is 42.5 Å². The Bertz CT molecular complexity index is 961. The fraction of sp³-hybridized carbons (Fsp3) is 0.625. The topological polar surface area (TPSA) is 30.2 Å². The van der Waals surface area contributed by atoms with Gasteiger partial charge < -0.3 is 4.90 Å². The van der Waals surface area contributed by atoms with Gasteiger partial charge in [-0.3, -0.25) is 9.48 Å². The fourth-order valence-corrected chi connectivity index (χ4v) is 5.64. The summed E-state index contributed by atoms with van der Waals surface area (Å²) in [6.45, 7) is 16.7. The first-order chi connectivity index (χ1) is 14.1. The Hall–Kier alpha value is -1.95. The van der Waals surface area contributed by atoms with Crippen molar-refractivity contribution in [3.05, 3.63) is 51.4 Å². The van der Waals surface area contributed by atoms with Crippen molar-refractivity contribution in [1.82, 2.24) is 14.3 Å². The van der Waals surface area contributed by atoms with Crippen LogP contribution in [0.4, 0.5) is 8.78 Å². The van der Waals surface area contributed by atoms with Gasteiger partial charge in [-0.15, -0.1) is 0 Å². The third-order valence-electron chi connectivity index (χ3n) is 7.89. The summed E-state index contributed by atoms with van der Waals surface area (Å²) in [5.41, 5.74) is 0.957. The second kappa shape index (κ2) is 7.95. The number of hydrogen-bond acceptors (Lipinski definition) is 2. The van der Waals surface area contributed by atoms with Crippen LogP contribution < -0.4 is 5.56 Å². The Morgan fingerprint density at radius 3 is 2.03 bits per heavy atom. The lowest BCUT2D eigenvalue weighted by Gasteiger charge is -2.36. The van der Waals surface area contributed by atoms with Crippen molar-refractivity contribution in [3.63, 3.8) is 0 Å². The molecule has 0 amide bonds. The molecule has 0 aliphatic heterocycles. The summed E-state index contributed by atoms with van der Waals surface area (Å²) >= 11 is 0. The molecule has 0 saturated heterocycles.